The van der Waals surface area contributed by atoms with Crippen LogP contribution in [0.4, 0.5) is 23.9 Å². The number of carbonyl (C=O) groups excluding carboxylic acids is 2. The zero-order valence-corrected chi connectivity index (χ0v) is 23.0. The number of imide groups is 1. The van der Waals surface area contributed by atoms with Gasteiger partial charge in [0.2, 0.25) is 5.95 Å². The minimum atomic E-state index is -4.51. The van der Waals surface area contributed by atoms with E-state index in [4.69, 9.17) is 4.42 Å². The van der Waals surface area contributed by atoms with Crippen LogP contribution in [-0.4, -0.2) is 45.7 Å². The number of amides is 2. The maximum absolute atomic E-state index is 13.7. The van der Waals surface area contributed by atoms with Gasteiger partial charge in [0.25, 0.3) is 11.1 Å². The van der Waals surface area contributed by atoms with Crippen molar-refractivity contribution in [3.63, 3.8) is 0 Å². The highest BCUT2D eigenvalue weighted by Gasteiger charge is 2.32. The second-order valence-electron chi connectivity index (χ2n) is 10.1. The first-order valence-corrected chi connectivity index (χ1v) is 14.1. The lowest BCUT2D eigenvalue weighted by Gasteiger charge is -2.32. The standard InChI is InChI=1S/C29H25F3N6O3S/c30-29(31,32)19-12-21(35-22(13-19)24-11-18-3-1-2-4-23(18)41-24)16-33-15-17-6-9-38(10-7-17)27-34-8-5-20(36-27)14-25-26(39)37-28(40)42-25/h1-5,8,11-14,17,33H,6-7,9-10,15-16H2,(H,37,39,40)/b25-14+. The molecule has 5 heterocycles. The smallest absolute Gasteiger partial charge is 0.416 e. The average Bonchev–Trinajstić information content (AvgIpc) is 3.55. The Bertz CT molecular complexity index is 1650. The van der Waals surface area contributed by atoms with Gasteiger partial charge in [0.15, 0.2) is 5.76 Å². The van der Waals surface area contributed by atoms with Gasteiger partial charge in [0.05, 0.1) is 21.9 Å². The van der Waals surface area contributed by atoms with Crippen LogP contribution in [0.15, 0.2) is 64.1 Å². The van der Waals surface area contributed by atoms with E-state index in [1.807, 2.05) is 12.1 Å². The van der Waals surface area contributed by atoms with E-state index in [0.29, 0.717) is 42.8 Å². The number of hydrogen-bond acceptors (Lipinski definition) is 9. The third-order valence-corrected chi connectivity index (χ3v) is 7.92. The average molecular weight is 595 g/mol. The maximum atomic E-state index is 13.7. The quantitative estimate of drug-likeness (QED) is 0.263. The molecule has 0 bridgehead atoms. The van der Waals surface area contributed by atoms with Crippen molar-refractivity contribution in [2.75, 3.05) is 24.5 Å². The Labute approximate surface area is 242 Å². The van der Waals surface area contributed by atoms with Crippen LogP contribution in [0.1, 0.15) is 29.8 Å². The first kappa shape index (κ1) is 27.9. The summed E-state index contributed by atoms with van der Waals surface area (Å²) in [5.74, 6) is 0.704. The molecular formula is C29H25F3N6O3S. The molecule has 42 heavy (non-hydrogen) atoms. The van der Waals surface area contributed by atoms with Gasteiger partial charge in [-0.1, -0.05) is 18.2 Å². The summed E-state index contributed by atoms with van der Waals surface area (Å²) in [6.07, 6.45) is 0.349. The molecule has 2 amide bonds. The topological polar surface area (TPSA) is 113 Å². The van der Waals surface area contributed by atoms with E-state index in [1.165, 1.54) is 0 Å². The summed E-state index contributed by atoms with van der Waals surface area (Å²) in [6, 6.07) is 12.7. The number of nitrogens with zero attached hydrogens (tertiary/aromatic N) is 4. The Morgan fingerprint density at radius 3 is 2.64 bits per heavy atom. The molecular weight excluding hydrogens is 569 g/mol. The summed E-state index contributed by atoms with van der Waals surface area (Å²) >= 11 is 0.834. The third-order valence-electron chi connectivity index (χ3n) is 7.11. The highest BCUT2D eigenvalue weighted by Crippen LogP contribution is 2.34. The van der Waals surface area contributed by atoms with Crippen molar-refractivity contribution in [2.45, 2.75) is 25.6 Å². The summed E-state index contributed by atoms with van der Waals surface area (Å²) in [5, 5.41) is 5.89. The number of carbonyl (C=O) groups is 2. The fourth-order valence-corrected chi connectivity index (χ4v) is 5.63. The highest BCUT2D eigenvalue weighted by atomic mass is 32.2. The second-order valence-corrected chi connectivity index (χ2v) is 11.1. The summed E-state index contributed by atoms with van der Waals surface area (Å²) in [7, 11) is 0. The van der Waals surface area contributed by atoms with Crippen LogP contribution in [0.2, 0.25) is 0 Å². The van der Waals surface area contributed by atoms with Gasteiger partial charge >= 0.3 is 6.18 Å². The molecule has 1 aromatic carbocycles. The first-order chi connectivity index (χ1) is 20.2. The van der Waals surface area contributed by atoms with Gasteiger partial charge in [-0.2, -0.15) is 13.2 Å². The van der Waals surface area contributed by atoms with E-state index in [0.717, 1.165) is 42.1 Å². The number of furan rings is 1. The normalized spacial score (nSPS) is 17.4. The Hall–Kier alpha value is -4.23. The van der Waals surface area contributed by atoms with Gasteiger partial charge in [-0.3, -0.25) is 14.9 Å². The van der Waals surface area contributed by atoms with Crippen LogP contribution >= 0.6 is 11.8 Å². The molecule has 0 spiro atoms. The van der Waals surface area contributed by atoms with Crippen LogP contribution in [0.3, 0.4) is 0 Å². The van der Waals surface area contributed by atoms with Crippen molar-refractivity contribution in [2.24, 2.45) is 5.92 Å². The molecule has 2 aliphatic rings. The molecule has 3 aromatic heterocycles. The zero-order chi connectivity index (χ0) is 29.3. The fraction of sp³-hybridized carbons (Fsp3) is 0.276. The van der Waals surface area contributed by atoms with E-state index >= 15 is 0 Å². The molecule has 0 atom stereocenters. The van der Waals surface area contributed by atoms with Crippen LogP contribution in [-0.2, 0) is 17.5 Å². The number of hydrogen-bond donors (Lipinski definition) is 2. The molecule has 0 saturated carbocycles. The van der Waals surface area contributed by atoms with Crippen molar-refractivity contribution in [1.82, 2.24) is 25.6 Å². The molecule has 9 nitrogen and oxygen atoms in total. The third kappa shape index (κ3) is 6.31. The predicted octanol–water partition coefficient (Wildman–Crippen LogP) is 5.63. The van der Waals surface area contributed by atoms with E-state index in [9.17, 15) is 22.8 Å². The van der Waals surface area contributed by atoms with Gasteiger partial charge in [0, 0.05) is 31.2 Å². The first-order valence-electron chi connectivity index (χ1n) is 13.3. The number of rotatable bonds is 7. The summed E-state index contributed by atoms with van der Waals surface area (Å²) in [5.41, 5.74) is 0.778. The molecule has 216 valence electrons. The lowest BCUT2D eigenvalue weighted by molar-refractivity contribution is -0.137. The molecule has 0 radical (unpaired) electrons. The molecule has 2 N–H and O–H groups in total. The number of piperidine rings is 1. The number of halogens is 3. The van der Waals surface area contributed by atoms with Crippen LogP contribution in [0.5, 0.6) is 0 Å². The van der Waals surface area contributed by atoms with E-state index in [1.54, 1.807) is 36.5 Å². The molecule has 2 saturated heterocycles. The lowest BCUT2D eigenvalue weighted by atomic mass is 9.97. The fourth-order valence-electron chi connectivity index (χ4n) is 4.97. The van der Waals surface area contributed by atoms with Crippen molar-refractivity contribution in [3.05, 3.63) is 76.6 Å². The van der Waals surface area contributed by atoms with E-state index in [2.05, 4.69) is 30.5 Å². The molecule has 2 aliphatic heterocycles. The molecule has 4 aromatic rings. The van der Waals surface area contributed by atoms with Crippen molar-refractivity contribution < 1.29 is 27.2 Å². The Kier molecular flexibility index (Phi) is 7.69. The lowest BCUT2D eigenvalue weighted by Crippen LogP contribution is -2.38. The number of anilines is 1. The molecule has 6 rings (SSSR count). The number of thioether (sulfide) groups is 1. The molecule has 0 aliphatic carbocycles. The second kappa shape index (κ2) is 11.6. The van der Waals surface area contributed by atoms with Crippen molar-refractivity contribution in [3.8, 4) is 11.5 Å². The monoisotopic (exact) mass is 594 g/mol. The van der Waals surface area contributed by atoms with Crippen LogP contribution in [0, 0.1) is 5.92 Å². The summed E-state index contributed by atoms with van der Waals surface area (Å²) in [6.45, 7) is 2.22. The minimum Gasteiger partial charge on any atom is -0.454 e. The van der Waals surface area contributed by atoms with Gasteiger partial charge < -0.3 is 14.6 Å². The molecule has 0 unspecified atom stereocenters. The highest BCUT2D eigenvalue weighted by molar-refractivity contribution is 8.18. The van der Waals surface area contributed by atoms with Crippen molar-refractivity contribution in [1.29, 1.82) is 0 Å². The van der Waals surface area contributed by atoms with E-state index in [-0.39, 0.29) is 28.6 Å². The number of benzene rings is 1. The van der Waals surface area contributed by atoms with Gasteiger partial charge in [-0.05, 0) is 73.5 Å². The van der Waals surface area contributed by atoms with Gasteiger partial charge in [0.1, 0.15) is 11.3 Å². The SMILES string of the molecule is O=C1NC(=O)/C(=C\c2ccnc(N3CCC(CNCc4cc(C(F)(F)F)cc(-c5cc6ccccc6o5)n4)CC3)n2)S1. The number of nitrogens with one attached hydrogen (secondary N) is 2. The van der Waals surface area contributed by atoms with E-state index < -0.39 is 22.9 Å². The maximum Gasteiger partial charge on any atom is 0.416 e. The number of fused-ring (bicyclic) bond motifs is 1. The van der Waals surface area contributed by atoms with Crippen LogP contribution < -0.4 is 15.5 Å². The Morgan fingerprint density at radius 1 is 1.10 bits per heavy atom. The molecule has 2 fully saturated rings. The number of alkyl halides is 3. The zero-order valence-electron chi connectivity index (χ0n) is 22.1. The van der Waals surface area contributed by atoms with Crippen LogP contribution in [0.25, 0.3) is 28.5 Å². The largest absolute Gasteiger partial charge is 0.454 e. The summed E-state index contributed by atoms with van der Waals surface area (Å²) < 4.78 is 46.8. The number of aromatic nitrogens is 3. The number of para-hydroxylation sites is 1. The number of pyridine rings is 1. The van der Waals surface area contributed by atoms with Gasteiger partial charge in [-0.25, -0.2) is 15.0 Å². The Balaban J connectivity index is 1.07. The summed E-state index contributed by atoms with van der Waals surface area (Å²) in [4.78, 5) is 38.9. The predicted molar refractivity (Wildman–Crippen MR) is 152 cm³/mol. The minimum absolute atomic E-state index is 0.141. The molecule has 13 heteroatoms. The van der Waals surface area contributed by atoms with Gasteiger partial charge in [-0.15, -0.1) is 0 Å². The Morgan fingerprint density at radius 2 is 1.90 bits per heavy atom. The van der Waals surface area contributed by atoms with Crippen molar-refractivity contribution >= 4 is 45.9 Å².